The first-order valence-electron chi connectivity index (χ1n) is 5.55. The Morgan fingerprint density at radius 1 is 1.29 bits per heavy atom. The molecule has 3 nitrogen and oxygen atoms in total. The lowest BCUT2D eigenvalue weighted by atomic mass is 10.1. The highest BCUT2D eigenvalue weighted by Gasteiger charge is 2.20. The van der Waals surface area contributed by atoms with E-state index in [-0.39, 0.29) is 0 Å². The summed E-state index contributed by atoms with van der Waals surface area (Å²) in [5.41, 5.74) is 0. The van der Waals surface area contributed by atoms with Crippen molar-refractivity contribution >= 4 is 6.29 Å². The molecule has 1 saturated heterocycles. The fourth-order valence-electron chi connectivity index (χ4n) is 2.06. The molecule has 0 aromatic rings. The maximum absolute atomic E-state index is 10.2. The van der Waals surface area contributed by atoms with Crippen molar-refractivity contribution in [3.05, 3.63) is 0 Å². The highest BCUT2D eigenvalue weighted by molar-refractivity contribution is 5.50. The van der Waals surface area contributed by atoms with Gasteiger partial charge in [0.2, 0.25) is 0 Å². The van der Waals surface area contributed by atoms with Crippen LogP contribution in [0.3, 0.4) is 0 Å². The van der Waals surface area contributed by atoms with Gasteiger partial charge in [-0.05, 0) is 19.9 Å². The molecule has 1 radical (unpaired) electrons. The van der Waals surface area contributed by atoms with Gasteiger partial charge in [0.25, 0.3) is 0 Å². The van der Waals surface area contributed by atoms with Crippen LogP contribution in [0.2, 0.25) is 0 Å². The first-order chi connectivity index (χ1) is 6.77. The molecular formula is C11H21N2O. The summed E-state index contributed by atoms with van der Waals surface area (Å²) >= 11 is 0. The molecule has 0 aromatic carbocycles. The minimum absolute atomic E-state index is 0.588. The van der Waals surface area contributed by atoms with E-state index in [1.807, 2.05) is 6.29 Å². The van der Waals surface area contributed by atoms with Crippen LogP contribution < -0.4 is 0 Å². The molecule has 0 aromatic heterocycles. The average molecular weight is 197 g/mol. The van der Waals surface area contributed by atoms with Crippen LogP contribution in [0.5, 0.6) is 0 Å². The molecule has 0 spiro atoms. The summed E-state index contributed by atoms with van der Waals surface area (Å²) in [6.07, 6.45) is 4.70. The molecule has 1 fully saturated rings. The molecule has 1 heterocycles. The SMILES string of the molecule is CCC(CC[C]=O)N1CCN(C)CC1. The number of piperazine rings is 1. The molecule has 1 unspecified atom stereocenters. The zero-order chi connectivity index (χ0) is 10.4. The van der Waals surface area contributed by atoms with Crippen molar-refractivity contribution in [3.63, 3.8) is 0 Å². The van der Waals surface area contributed by atoms with Crippen molar-refractivity contribution in [2.45, 2.75) is 32.2 Å². The molecular weight excluding hydrogens is 176 g/mol. The zero-order valence-electron chi connectivity index (χ0n) is 9.33. The van der Waals surface area contributed by atoms with Crippen LogP contribution in [-0.2, 0) is 4.79 Å². The quantitative estimate of drug-likeness (QED) is 0.654. The fourth-order valence-corrected chi connectivity index (χ4v) is 2.06. The van der Waals surface area contributed by atoms with Crippen molar-refractivity contribution in [3.8, 4) is 0 Å². The molecule has 81 valence electrons. The van der Waals surface area contributed by atoms with Crippen LogP contribution in [0.1, 0.15) is 26.2 Å². The van der Waals surface area contributed by atoms with E-state index in [0.29, 0.717) is 12.5 Å². The monoisotopic (exact) mass is 197 g/mol. The van der Waals surface area contributed by atoms with Gasteiger partial charge in [-0.15, -0.1) is 0 Å². The predicted molar refractivity (Wildman–Crippen MR) is 58.1 cm³/mol. The summed E-state index contributed by atoms with van der Waals surface area (Å²) in [6.45, 7) is 6.80. The molecule has 0 N–H and O–H groups in total. The molecule has 0 saturated carbocycles. The van der Waals surface area contributed by atoms with E-state index in [1.165, 1.54) is 0 Å². The Kier molecular flexibility index (Phi) is 5.12. The number of rotatable bonds is 5. The summed E-state index contributed by atoms with van der Waals surface area (Å²) in [7, 11) is 2.16. The maximum atomic E-state index is 10.2. The standard InChI is InChI=1S/C11H21N2O/c1-3-11(5-4-10-14)13-8-6-12(2)7-9-13/h11H,3-9H2,1-2H3. The molecule has 0 aliphatic carbocycles. The highest BCUT2D eigenvalue weighted by atomic mass is 16.1. The van der Waals surface area contributed by atoms with Crippen molar-refractivity contribution in [1.82, 2.24) is 9.80 Å². The Bertz CT molecular complexity index is 165. The van der Waals surface area contributed by atoms with Crippen molar-refractivity contribution in [2.75, 3.05) is 33.2 Å². The molecule has 1 rings (SSSR count). The van der Waals surface area contributed by atoms with Crippen LogP contribution in [0, 0.1) is 0 Å². The largest absolute Gasteiger partial charge is 0.304 e. The van der Waals surface area contributed by atoms with E-state index in [2.05, 4.69) is 23.8 Å². The van der Waals surface area contributed by atoms with E-state index in [9.17, 15) is 4.79 Å². The van der Waals surface area contributed by atoms with Gasteiger partial charge >= 0.3 is 0 Å². The summed E-state index contributed by atoms with van der Waals surface area (Å²) < 4.78 is 0. The number of nitrogens with zero attached hydrogens (tertiary/aromatic N) is 2. The number of hydrogen-bond acceptors (Lipinski definition) is 3. The first-order valence-corrected chi connectivity index (χ1v) is 5.55. The lowest BCUT2D eigenvalue weighted by Gasteiger charge is -2.37. The van der Waals surface area contributed by atoms with Crippen LogP contribution >= 0.6 is 0 Å². The number of carbonyl (C=O) groups excluding carboxylic acids is 1. The van der Waals surface area contributed by atoms with E-state index in [1.54, 1.807) is 0 Å². The Hall–Kier alpha value is -0.410. The smallest absolute Gasteiger partial charge is 0.198 e. The summed E-state index contributed by atoms with van der Waals surface area (Å²) in [4.78, 5) is 15.1. The summed E-state index contributed by atoms with van der Waals surface area (Å²) in [6, 6.07) is 0.588. The van der Waals surface area contributed by atoms with E-state index in [0.717, 1.165) is 39.0 Å². The van der Waals surface area contributed by atoms with Gasteiger partial charge in [-0.3, -0.25) is 9.69 Å². The molecule has 3 heteroatoms. The Labute approximate surface area is 87.1 Å². The Morgan fingerprint density at radius 2 is 1.93 bits per heavy atom. The normalized spacial score (nSPS) is 22.1. The number of hydrogen-bond donors (Lipinski definition) is 0. The third-order valence-electron chi connectivity index (χ3n) is 3.11. The van der Waals surface area contributed by atoms with Gasteiger partial charge in [-0.1, -0.05) is 6.92 Å². The van der Waals surface area contributed by atoms with Crippen LogP contribution in [0.15, 0.2) is 0 Å². The van der Waals surface area contributed by atoms with Crippen LogP contribution in [0.25, 0.3) is 0 Å². The minimum Gasteiger partial charge on any atom is -0.304 e. The Morgan fingerprint density at radius 3 is 2.43 bits per heavy atom. The molecule has 14 heavy (non-hydrogen) atoms. The topological polar surface area (TPSA) is 23.6 Å². The zero-order valence-corrected chi connectivity index (χ0v) is 9.33. The first kappa shape index (κ1) is 11.7. The van der Waals surface area contributed by atoms with Gasteiger partial charge in [0.05, 0.1) is 0 Å². The molecule has 0 amide bonds. The van der Waals surface area contributed by atoms with Crippen LogP contribution in [-0.4, -0.2) is 55.4 Å². The third kappa shape index (κ3) is 3.39. The second-order valence-electron chi connectivity index (χ2n) is 4.08. The lowest BCUT2D eigenvalue weighted by molar-refractivity contribution is 0.105. The summed E-state index contributed by atoms with van der Waals surface area (Å²) in [5.74, 6) is 0. The molecule has 1 aliphatic heterocycles. The lowest BCUT2D eigenvalue weighted by Crippen LogP contribution is -2.48. The predicted octanol–water partition coefficient (Wildman–Crippen LogP) is 0.902. The van der Waals surface area contributed by atoms with Gasteiger partial charge < -0.3 is 4.90 Å². The van der Waals surface area contributed by atoms with E-state index in [4.69, 9.17) is 0 Å². The Balaban J connectivity index is 2.32. The average Bonchev–Trinajstić information content (AvgIpc) is 2.21. The molecule has 0 bridgehead atoms. The van der Waals surface area contributed by atoms with Gasteiger partial charge in [-0.2, -0.15) is 0 Å². The second kappa shape index (κ2) is 6.14. The molecule has 1 aliphatic rings. The van der Waals surface area contributed by atoms with Crippen molar-refractivity contribution < 1.29 is 4.79 Å². The van der Waals surface area contributed by atoms with Crippen LogP contribution in [0.4, 0.5) is 0 Å². The van der Waals surface area contributed by atoms with Crippen molar-refractivity contribution in [2.24, 2.45) is 0 Å². The number of likely N-dealkylation sites (N-methyl/N-ethyl adjacent to an activating group) is 1. The minimum atomic E-state index is 0.588. The maximum Gasteiger partial charge on any atom is 0.198 e. The van der Waals surface area contributed by atoms with Gasteiger partial charge in [0.1, 0.15) is 0 Å². The summed E-state index contributed by atoms with van der Waals surface area (Å²) in [5, 5.41) is 0. The fraction of sp³-hybridized carbons (Fsp3) is 0.909. The van der Waals surface area contributed by atoms with Crippen molar-refractivity contribution in [1.29, 1.82) is 0 Å². The van der Waals surface area contributed by atoms with E-state index < -0.39 is 0 Å². The van der Waals surface area contributed by atoms with Gasteiger partial charge in [-0.25, -0.2) is 0 Å². The highest BCUT2D eigenvalue weighted by Crippen LogP contribution is 2.12. The second-order valence-corrected chi connectivity index (χ2v) is 4.08. The van der Waals surface area contributed by atoms with Gasteiger partial charge in [0.15, 0.2) is 6.29 Å². The molecule has 1 atom stereocenters. The van der Waals surface area contributed by atoms with E-state index >= 15 is 0 Å². The third-order valence-corrected chi connectivity index (χ3v) is 3.11. The van der Waals surface area contributed by atoms with Gasteiger partial charge in [0, 0.05) is 38.6 Å².